The molecule has 1 aromatic carbocycles. The predicted molar refractivity (Wildman–Crippen MR) is 81.1 cm³/mol. The molecule has 2 heteroatoms. The zero-order valence-corrected chi connectivity index (χ0v) is 11.5. The molecule has 0 saturated heterocycles. The summed E-state index contributed by atoms with van der Waals surface area (Å²) in [6.07, 6.45) is 3.79. The third-order valence-electron chi connectivity index (χ3n) is 3.28. The van der Waals surface area contributed by atoms with Crippen molar-refractivity contribution in [1.82, 2.24) is 4.98 Å². The summed E-state index contributed by atoms with van der Waals surface area (Å²) in [5, 5.41) is 3.54. The van der Waals surface area contributed by atoms with E-state index in [1.165, 1.54) is 5.56 Å². The molecule has 2 nitrogen and oxygen atoms in total. The molecule has 2 unspecified atom stereocenters. The fourth-order valence-electron chi connectivity index (χ4n) is 2.00. The minimum absolute atomic E-state index is 0.140. The van der Waals surface area contributed by atoms with Crippen LogP contribution in [0.1, 0.15) is 24.2 Å². The van der Waals surface area contributed by atoms with Gasteiger partial charge in [0.15, 0.2) is 0 Å². The molecule has 0 bridgehead atoms. The lowest BCUT2D eigenvalue weighted by atomic mass is 9.98. The lowest BCUT2D eigenvalue weighted by Gasteiger charge is -2.23. The molecule has 2 aromatic rings. The molecule has 19 heavy (non-hydrogen) atoms. The van der Waals surface area contributed by atoms with E-state index in [0.717, 1.165) is 11.4 Å². The first kappa shape index (κ1) is 13.3. The van der Waals surface area contributed by atoms with Gasteiger partial charge >= 0.3 is 0 Å². The number of hydrogen-bond acceptors (Lipinski definition) is 2. The standard InChI is InChI=1S/C17H20N2/c1-4-14(3)17(16-7-5-6-12-18-16)19-15-10-8-13(2)9-11-15/h4-12,14,17,19H,1H2,2-3H3. The highest BCUT2D eigenvalue weighted by molar-refractivity contribution is 5.46. The highest BCUT2D eigenvalue weighted by Gasteiger charge is 2.17. The maximum Gasteiger partial charge on any atom is 0.0744 e. The third kappa shape index (κ3) is 3.44. The summed E-state index contributed by atoms with van der Waals surface area (Å²) in [5.74, 6) is 0.302. The van der Waals surface area contributed by atoms with E-state index < -0.39 is 0 Å². The highest BCUT2D eigenvalue weighted by Crippen LogP contribution is 2.26. The van der Waals surface area contributed by atoms with Gasteiger partial charge in [0.25, 0.3) is 0 Å². The van der Waals surface area contributed by atoms with Gasteiger partial charge in [-0.25, -0.2) is 0 Å². The van der Waals surface area contributed by atoms with Crippen LogP contribution in [0.2, 0.25) is 0 Å². The molecule has 0 saturated carbocycles. The van der Waals surface area contributed by atoms with Crippen LogP contribution < -0.4 is 5.32 Å². The van der Waals surface area contributed by atoms with E-state index in [9.17, 15) is 0 Å². The predicted octanol–water partition coefficient (Wildman–Crippen LogP) is 4.37. The van der Waals surface area contributed by atoms with Crippen LogP contribution in [-0.2, 0) is 0 Å². The number of anilines is 1. The van der Waals surface area contributed by atoms with Gasteiger partial charge in [0.1, 0.15) is 0 Å². The van der Waals surface area contributed by atoms with E-state index >= 15 is 0 Å². The van der Waals surface area contributed by atoms with Crippen LogP contribution in [0.4, 0.5) is 5.69 Å². The molecule has 1 N–H and O–H groups in total. The Balaban J connectivity index is 2.24. The minimum atomic E-state index is 0.140. The van der Waals surface area contributed by atoms with Crippen molar-refractivity contribution >= 4 is 5.69 Å². The number of aryl methyl sites for hydroxylation is 1. The van der Waals surface area contributed by atoms with Crippen molar-refractivity contribution in [3.8, 4) is 0 Å². The van der Waals surface area contributed by atoms with Crippen LogP contribution in [0, 0.1) is 12.8 Å². The van der Waals surface area contributed by atoms with E-state index in [4.69, 9.17) is 0 Å². The summed E-state index contributed by atoms with van der Waals surface area (Å²) in [4.78, 5) is 4.45. The molecule has 0 spiro atoms. The normalized spacial score (nSPS) is 13.6. The Labute approximate surface area is 115 Å². The van der Waals surface area contributed by atoms with Gasteiger partial charge in [-0.3, -0.25) is 4.98 Å². The zero-order chi connectivity index (χ0) is 13.7. The van der Waals surface area contributed by atoms with E-state index in [0.29, 0.717) is 5.92 Å². The number of hydrogen-bond donors (Lipinski definition) is 1. The Morgan fingerprint density at radius 1 is 1.16 bits per heavy atom. The van der Waals surface area contributed by atoms with E-state index in [1.807, 2.05) is 30.5 Å². The van der Waals surface area contributed by atoms with Crippen molar-refractivity contribution in [2.75, 3.05) is 5.32 Å². The van der Waals surface area contributed by atoms with E-state index in [-0.39, 0.29) is 6.04 Å². The van der Waals surface area contributed by atoms with Gasteiger partial charge in [-0.05, 0) is 37.1 Å². The van der Waals surface area contributed by atoms with Gasteiger partial charge in [0.2, 0.25) is 0 Å². The van der Waals surface area contributed by atoms with Gasteiger partial charge in [-0.2, -0.15) is 0 Å². The number of pyridine rings is 1. The summed E-state index contributed by atoms with van der Waals surface area (Å²) in [6.45, 7) is 8.13. The Kier molecular flexibility index (Phi) is 4.35. The van der Waals surface area contributed by atoms with Gasteiger partial charge in [-0.15, -0.1) is 6.58 Å². The van der Waals surface area contributed by atoms with Gasteiger partial charge in [0.05, 0.1) is 11.7 Å². The molecule has 0 radical (unpaired) electrons. The Morgan fingerprint density at radius 2 is 1.89 bits per heavy atom. The van der Waals surface area contributed by atoms with Crippen molar-refractivity contribution in [2.24, 2.45) is 5.92 Å². The van der Waals surface area contributed by atoms with Crippen LogP contribution in [-0.4, -0.2) is 4.98 Å². The summed E-state index contributed by atoms with van der Waals surface area (Å²) in [5.41, 5.74) is 3.40. The molecule has 0 aliphatic rings. The van der Waals surface area contributed by atoms with Gasteiger partial charge in [-0.1, -0.05) is 36.8 Å². The molecular weight excluding hydrogens is 232 g/mol. The van der Waals surface area contributed by atoms with Crippen molar-refractivity contribution in [3.05, 3.63) is 72.6 Å². The average molecular weight is 252 g/mol. The molecule has 2 rings (SSSR count). The van der Waals surface area contributed by atoms with E-state index in [1.54, 1.807) is 0 Å². The maximum absolute atomic E-state index is 4.45. The fraction of sp³-hybridized carbons (Fsp3) is 0.235. The van der Waals surface area contributed by atoms with Crippen LogP contribution >= 0.6 is 0 Å². The van der Waals surface area contributed by atoms with Crippen LogP contribution in [0.15, 0.2) is 61.3 Å². The molecule has 1 heterocycles. The molecule has 0 aliphatic heterocycles. The number of rotatable bonds is 5. The SMILES string of the molecule is C=CC(C)C(Nc1ccc(C)cc1)c1ccccn1. The van der Waals surface area contributed by atoms with E-state index in [2.05, 4.69) is 55.0 Å². The Hall–Kier alpha value is -2.09. The summed E-state index contributed by atoms with van der Waals surface area (Å²) in [7, 11) is 0. The Morgan fingerprint density at radius 3 is 2.47 bits per heavy atom. The van der Waals surface area contributed by atoms with Crippen molar-refractivity contribution in [1.29, 1.82) is 0 Å². The highest BCUT2D eigenvalue weighted by atomic mass is 14.9. The first-order valence-electron chi connectivity index (χ1n) is 6.57. The summed E-state index contributed by atoms with van der Waals surface area (Å²) < 4.78 is 0. The number of nitrogens with one attached hydrogen (secondary N) is 1. The lowest BCUT2D eigenvalue weighted by molar-refractivity contribution is 0.590. The number of benzene rings is 1. The Bertz CT molecular complexity index is 517. The summed E-state index contributed by atoms with van der Waals surface area (Å²) in [6, 6.07) is 14.6. The third-order valence-corrected chi connectivity index (χ3v) is 3.28. The largest absolute Gasteiger partial charge is 0.376 e. The minimum Gasteiger partial charge on any atom is -0.376 e. The van der Waals surface area contributed by atoms with Crippen molar-refractivity contribution < 1.29 is 0 Å². The van der Waals surface area contributed by atoms with Crippen molar-refractivity contribution in [2.45, 2.75) is 19.9 Å². The second-order valence-corrected chi connectivity index (χ2v) is 4.84. The topological polar surface area (TPSA) is 24.9 Å². The molecule has 2 atom stereocenters. The van der Waals surface area contributed by atoms with Crippen molar-refractivity contribution in [3.63, 3.8) is 0 Å². The fourth-order valence-corrected chi connectivity index (χ4v) is 2.00. The summed E-state index contributed by atoms with van der Waals surface area (Å²) >= 11 is 0. The van der Waals surface area contributed by atoms with Crippen LogP contribution in [0.3, 0.4) is 0 Å². The maximum atomic E-state index is 4.45. The van der Waals surface area contributed by atoms with Crippen LogP contribution in [0.5, 0.6) is 0 Å². The number of aromatic nitrogens is 1. The smallest absolute Gasteiger partial charge is 0.0744 e. The quantitative estimate of drug-likeness (QED) is 0.799. The second kappa shape index (κ2) is 6.19. The first-order valence-corrected chi connectivity index (χ1v) is 6.57. The number of nitrogens with zero attached hydrogens (tertiary/aromatic N) is 1. The average Bonchev–Trinajstić information content (AvgIpc) is 2.47. The molecule has 1 aromatic heterocycles. The van der Waals surface area contributed by atoms with Crippen LogP contribution in [0.25, 0.3) is 0 Å². The molecule has 0 amide bonds. The van der Waals surface area contributed by atoms with Gasteiger partial charge in [0, 0.05) is 11.9 Å². The molecule has 0 fully saturated rings. The zero-order valence-electron chi connectivity index (χ0n) is 11.5. The molecule has 0 aliphatic carbocycles. The lowest BCUT2D eigenvalue weighted by Crippen LogP contribution is -2.18. The first-order chi connectivity index (χ1) is 9.20. The molecular formula is C17H20N2. The monoisotopic (exact) mass is 252 g/mol. The second-order valence-electron chi connectivity index (χ2n) is 4.84. The molecule has 98 valence electrons. The van der Waals surface area contributed by atoms with Gasteiger partial charge < -0.3 is 5.32 Å².